The molecule has 400 valence electrons. The van der Waals surface area contributed by atoms with E-state index in [1.165, 1.54) is 214 Å². The predicted molar refractivity (Wildman–Crippen MR) is 347 cm³/mol. The Bertz CT molecular complexity index is 1480. The van der Waals surface area contributed by atoms with Crippen LogP contribution in [0, 0.1) is 21.4 Å². The summed E-state index contributed by atoms with van der Waals surface area (Å²) in [5.41, 5.74) is 0. The SMILES string of the molecule is O=C(CCCCCCCCCCCCCCCCCCCCOc1c(I)cc(I)cc1I)OC/C=C\COC(=O)CCCCCCCCCCCCCCCCCCCCOc1c(I)cc(I)cc1I. The number of ether oxygens (including phenoxy) is 4. The Hall–Kier alpha value is 1.10. The van der Waals surface area contributed by atoms with E-state index in [2.05, 4.69) is 160 Å². The molecule has 0 N–H and O–H groups in total. The Balaban J connectivity index is 1.20. The number of benzene rings is 2. The number of halogens is 6. The highest BCUT2D eigenvalue weighted by Crippen LogP contribution is 2.31. The fraction of sp³-hybridized carbons (Fsp3) is 0.724. The van der Waals surface area contributed by atoms with E-state index in [0.29, 0.717) is 12.8 Å². The zero-order valence-corrected chi connectivity index (χ0v) is 55.8. The van der Waals surface area contributed by atoms with Crippen molar-refractivity contribution in [1.82, 2.24) is 0 Å². The number of esters is 2. The molecule has 0 heterocycles. The van der Waals surface area contributed by atoms with Crippen molar-refractivity contribution in [2.75, 3.05) is 26.4 Å². The van der Waals surface area contributed by atoms with Crippen LogP contribution in [-0.2, 0) is 19.1 Å². The van der Waals surface area contributed by atoms with Crippen molar-refractivity contribution in [2.45, 2.75) is 244 Å². The topological polar surface area (TPSA) is 71.1 Å². The van der Waals surface area contributed by atoms with Crippen molar-refractivity contribution in [1.29, 1.82) is 0 Å². The maximum atomic E-state index is 12.1. The van der Waals surface area contributed by atoms with E-state index in [1.807, 2.05) is 0 Å². The quantitative estimate of drug-likeness (QED) is 0.0285. The molecule has 2 aromatic rings. The van der Waals surface area contributed by atoms with E-state index < -0.39 is 0 Å². The van der Waals surface area contributed by atoms with Gasteiger partial charge in [-0.25, -0.2) is 0 Å². The van der Waals surface area contributed by atoms with Crippen LogP contribution in [0.1, 0.15) is 244 Å². The van der Waals surface area contributed by atoms with Gasteiger partial charge in [0.1, 0.15) is 24.7 Å². The molecule has 0 amide bonds. The Morgan fingerprint density at radius 3 is 0.743 bits per heavy atom. The Morgan fingerprint density at radius 1 is 0.314 bits per heavy atom. The Labute approximate surface area is 509 Å². The summed E-state index contributed by atoms with van der Waals surface area (Å²) in [7, 11) is 0. The third kappa shape index (κ3) is 39.5. The fourth-order valence-electron chi connectivity index (χ4n) is 8.64. The second kappa shape index (κ2) is 48.5. The lowest BCUT2D eigenvalue weighted by atomic mass is 10.0. The molecule has 0 aromatic heterocycles. The van der Waals surface area contributed by atoms with Crippen molar-refractivity contribution >= 4 is 147 Å². The molecule has 0 saturated heterocycles. The van der Waals surface area contributed by atoms with Gasteiger partial charge in [0.2, 0.25) is 0 Å². The molecule has 0 aliphatic heterocycles. The van der Waals surface area contributed by atoms with Crippen molar-refractivity contribution < 1.29 is 28.5 Å². The van der Waals surface area contributed by atoms with E-state index in [9.17, 15) is 9.59 Å². The van der Waals surface area contributed by atoms with Crippen LogP contribution in [0.3, 0.4) is 0 Å². The zero-order valence-electron chi connectivity index (χ0n) is 42.9. The lowest BCUT2D eigenvalue weighted by Gasteiger charge is -2.11. The molecule has 2 rings (SSSR count). The highest BCUT2D eigenvalue weighted by Gasteiger charge is 2.10. The highest BCUT2D eigenvalue weighted by molar-refractivity contribution is 14.1. The first-order chi connectivity index (χ1) is 34.2. The first-order valence-electron chi connectivity index (χ1n) is 27.7. The number of hydrogen-bond donors (Lipinski definition) is 0. The van der Waals surface area contributed by atoms with Crippen LogP contribution < -0.4 is 9.47 Å². The zero-order chi connectivity index (χ0) is 50.5. The minimum absolute atomic E-state index is 0.137. The van der Waals surface area contributed by atoms with Gasteiger partial charge in [0.25, 0.3) is 0 Å². The normalized spacial score (nSPS) is 11.5. The fourth-order valence-corrected chi connectivity index (χ4v) is 16.4. The number of carbonyl (C=O) groups is 2. The van der Waals surface area contributed by atoms with Gasteiger partial charge in [0, 0.05) is 20.0 Å². The van der Waals surface area contributed by atoms with Crippen molar-refractivity contribution in [3.8, 4) is 11.5 Å². The van der Waals surface area contributed by atoms with Gasteiger partial charge in [-0.1, -0.05) is 205 Å². The van der Waals surface area contributed by atoms with Crippen LogP contribution in [0.5, 0.6) is 11.5 Å². The van der Waals surface area contributed by atoms with Gasteiger partial charge in [-0.15, -0.1) is 0 Å². The smallest absolute Gasteiger partial charge is 0.306 e. The Morgan fingerprint density at radius 2 is 0.514 bits per heavy atom. The molecular weight excluding hydrogens is 1550 g/mol. The van der Waals surface area contributed by atoms with Gasteiger partial charge in [-0.05, 0) is 198 Å². The number of carbonyl (C=O) groups excluding carboxylic acids is 2. The van der Waals surface area contributed by atoms with Crippen LogP contribution >= 0.6 is 136 Å². The molecule has 0 unspecified atom stereocenters. The maximum absolute atomic E-state index is 12.1. The second-order valence-corrected chi connectivity index (χ2v) is 26.3. The summed E-state index contributed by atoms with van der Waals surface area (Å²) in [5, 5.41) is 0. The largest absolute Gasteiger partial charge is 0.491 e. The van der Waals surface area contributed by atoms with Crippen LogP contribution in [0.25, 0.3) is 0 Å². The van der Waals surface area contributed by atoms with Gasteiger partial charge >= 0.3 is 11.9 Å². The van der Waals surface area contributed by atoms with E-state index in [4.69, 9.17) is 18.9 Å². The van der Waals surface area contributed by atoms with E-state index >= 15 is 0 Å². The van der Waals surface area contributed by atoms with Gasteiger partial charge in [0.05, 0.1) is 27.5 Å². The number of hydrogen-bond acceptors (Lipinski definition) is 6. The summed E-state index contributed by atoms with van der Waals surface area (Å²) in [4.78, 5) is 24.2. The average Bonchev–Trinajstić information content (AvgIpc) is 3.32. The van der Waals surface area contributed by atoms with Gasteiger partial charge in [-0.2, -0.15) is 0 Å². The van der Waals surface area contributed by atoms with E-state index in [-0.39, 0.29) is 25.2 Å². The minimum atomic E-state index is -0.137. The Kier molecular flexibility index (Phi) is 46.5. The van der Waals surface area contributed by atoms with Crippen LogP contribution in [0.4, 0.5) is 0 Å². The molecule has 0 radical (unpaired) electrons. The average molecular weight is 1640 g/mol. The molecule has 12 heteroatoms. The van der Waals surface area contributed by atoms with E-state index in [1.54, 1.807) is 12.2 Å². The molecule has 0 aliphatic carbocycles. The summed E-state index contributed by atoms with van der Waals surface area (Å²) in [6.45, 7) is 2.14. The van der Waals surface area contributed by atoms with Crippen LogP contribution in [0.15, 0.2) is 36.4 Å². The summed E-state index contributed by atoms with van der Waals surface area (Å²) < 4.78 is 30.2. The molecule has 0 fully saturated rings. The molecule has 0 bridgehead atoms. The van der Waals surface area contributed by atoms with Crippen LogP contribution in [0.2, 0.25) is 0 Å². The number of rotatable bonds is 48. The molecular formula is C58H90I6O6. The standard InChI is InChI=1S/C58H90I6O6/c59-49-45-51(61)57(52(62)46-49)69-43-35-31-27-23-19-15-11-7-3-1-5-9-13-17-21-25-29-33-39-55(65)67-41-37-38-42-68-56(66)40-34-30-26-22-18-14-10-6-2-4-8-12-16-20-24-28-32-36-44-70-58-53(63)47-50(60)48-54(58)64/h37-38,45-48H,1-36,39-44H2/b38-37-. The van der Waals surface area contributed by atoms with Crippen LogP contribution in [-0.4, -0.2) is 38.4 Å². The van der Waals surface area contributed by atoms with Gasteiger partial charge < -0.3 is 18.9 Å². The van der Waals surface area contributed by atoms with Gasteiger partial charge in [-0.3, -0.25) is 9.59 Å². The predicted octanol–water partition coefficient (Wildman–Crippen LogP) is 21.2. The molecule has 6 nitrogen and oxygen atoms in total. The van der Waals surface area contributed by atoms with E-state index in [0.717, 1.165) is 63.2 Å². The first kappa shape index (κ1) is 67.2. The second-order valence-electron chi connectivity index (χ2n) is 19.2. The molecule has 2 aromatic carbocycles. The summed E-state index contributed by atoms with van der Waals surface area (Å²) >= 11 is 14.2. The third-order valence-corrected chi connectivity index (χ3v) is 17.3. The van der Waals surface area contributed by atoms with Crippen molar-refractivity contribution in [3.63, 3.8) is 0 Å². The lowest BCUT2D eigenvalue weighted by molar-refractivity contribution is -0.143. The molecule has 70 heavy (non-hydrogen) atoms. The molecule has 0 saturated carbocycles. The van der Waals surface area contributed by atoms with Gasteiger partial charge in [0.15, 0.2) is 0 Å². The minimum Gasteiger partial charge on any atom is -0.491 e. The first-order valence-corrected chi connectivity index (χ1v) is 34.2. The molecule has 0 atom stereocenters. The molecule has 0 aliphatic rings. The van der Waals surface area contributed by atoms with Crippen molar-refractivity contribution in [3.05, 3.63) is 57.8 Å². The molecule has 0 spiro atoms. The lowest BCUT2D eigenvalue weighted by Crippen LogP contribution is -2.05. The summed E-state index contributed by atoms with van der Waals surface area (Å²) in [5.74, 6) is 1.83. The highest BCUT2D eigenvalue weighted by atomic mass is 127. The third-order valence-electron chi connectivity index (χ3n) is 12.8. The summed E-state index contributed by atoms with van der Waals surface area (Å²) in [6.07, 6.45) is 51.1. The number of unbranched alkanes of at least 4 members (excludes halogenated alkanes) is 34. The summed E-state index contributed by atoms with van der Waals surface area (Å²) in [6, 6.07) is 8.73. The monoisotopic (exact) mass is 1640 g/mol. The van der Waals surface area contributed by atoms with Crippen molar-refractivity contribution in [2.24, 2.45) is 0 Å². The maximum Gasteiger partial charge on any atom is 0.306 e.